The summed E-state index contributed by atoms with van der Waals surface area (Å²) in [6.45, 7) is 7.99. The van der Waals surface area contributed by atoms with E-state index in [4.69, 9.17) is 11.2 Å². The first kappa shape index (κ1) is 14.6. The largest absolute Gasteiger partial charge is 0.492 e. The Balaban J connectivity index is 2.78. The predicted molar refractivity (Wildman–Crippen MR) is 76.8 cm³/mol. The summed E-state index contributed by atoms with van der Waals surface area (Å²) in [5.41, 5.74) is 2.41. The zero-order valence-corrected chi connectivity index (χ0v) is 11.6. The van der Waals surface area contributed by atoms with Crippen LogP contribution in [-0.4, -0.2) is 13.2 Å². The van der Waals surface area contributed by atoms with E-state index in [1.807, 2.05) is 0 Å². The first-order chi connectivity index (χ1) is 8.69. The Morgan fingerprint density at radius 3 is 2.89 bits per heavy atom. The van der Waals surface area contributed by atoms with Gasteiger partial charge in [0.05, 0.1) is 6.61 Å². The van der Waals surface area contributed by atoms with E-state index >= 15 is 0 Å². The van der Waals surface area contributed by atoms with E-state index in [1.165, 1.54) is 11.1 Å². The molecule has 98 valence electrons. The van der Waals surface area contributed by atoms with E-state index < -0.39 is 0 Å². The van der Waals surface area contributed by atoms with E-state index in [0.717, 1.165) is 18.7 Å². The van der Waals surface area contributed by atoms with Gasteiger partial charge in [0, 0.05) is 18.0 Å². The highest BCUT2D eigenvalue weighted by atomic mass is 16.5. The maximum absolute atomic E-state index is 5.78. The molecule has 1 unspecified atom stereocenters. The summed E-state index contributed by atoms with van der Waals surface area (Å²) in [5, 5.41) is 3.48. The number of benzene rings is 1. The fourth-order valence-electron chi connectivity index (χ4n) is 1.82. The minimum absolute atomic E-state index is 0.298. The molecule has 0 saturated carbocycles. The van der Waals surface area contributed by atoms with Crippen LogP contribution in [0.15, 0.2) is 18.2 Å². The Morgan fingerprint density at radius 1 is 1.44 bits per heavy atom. The Bertz CT molecular complexity index is 406. The van der Waals surface area contributed by atoms with Crippen LogP contribution in [0.5, 0.6) is 5.75 Å². The first-order valence-electron chi connectivity index (χ1n) is 6.59. The van der Waals surface area contributed by atoms with Gasteiger partial charge in [-0.05, 0) is 38.4 Å². The molecule has 0 spiro atoms. The van der Waals surface area contributed by atoms with E-state index in [2.05, 4.69) is 50.2 Å². The maximum Gasteiger partial charge on any atom is 0.124 e. The van der Waals surface area contributed by atoms with Gasteiger partial charge in [-0.15, -0.1) is 12.3 Å². The van der Waals surface area contributed by atoms with Gasteiger partial charge in [-0.1, -0.05) is 19.1 Å². The highest BCUT2D eigenvalue weighted by Gasteiger charge is 2.11. The van der Waals surface area contributed by atoms with Gasteiger partial charge in [0.2, 0.25) is 0 Å². The van der Waals surface area contributed by atoms with Crippen LogP contribution in [0, 0.1) is 19.3 Å². The van der Waals surface area contributed by atoms with Crippen molar-refractivity contribution < 1.29 is 4.74 Å². The third-order valence-corrected chi connectivity index (χ3v) is 2.84. The summed E-state index contributed by atoms with van der Waals surface area (Å²) in [5.74, 6) is 3.54. The summed E-state index contributed by atoms with van der Waals surface area (Å²) < 4.78 is 5.78. The van der Waals surface area contributed by atoms with Gasteiger partial charge in [-0.2, -0.15) is 0 Å². The smallest absolute Gasteiger partial charge is 0.124 e. The van der Waals surface area contributed by atoms with Crippen LogP contribution in [0.25, 0.3) is 0 Å². The number of aryl methyl sites for hydroxylation is 1. The van der Waals surface area contributed by atoms with Gasteiger partial charge in [-0.3, -0.25) is 0 Å². The fraction of sp³-hybridized carbons (Fsp3) is 0.500. The van der Waals surface area contributed by atoms with Crippen molar-refractivity contribution in [2.75, 3.05) is 13.2 Å². The highest BCUT2D eigenvalue weighted by Crippen LogP contribution is 2.26. The van der Waals surface area contributed by atoms with Gasteiger partial charge >= 0.3 is 0 Å². The topological polar surface area (TPSA) is 21.3 Å². The fourth-order valence-corrected chi connectivity index (χ4v) is 1.82. The molecule has 1 aromatic carbocycles. The number of hydrogen-bond donors (Lipinski definition) is 1. The molecule has 0 saturated heterocycles. The van der Waals surface area contributed by atoms with Crippen molar-refractivity contribution >= 4 is 0 Å². The molecule has 0 radical (unpaired) electrons. The van der Waals surface area contributed by atoms with Crippen molar-refractivity contribution in [2.45, 2.75) is 39.7 Å². The van der Waals surface area contributed by atoms with Crippen LogP contribution >= 0.6 is 0 Å². The van der Waals surface area contributed by atoms with Crippen molar-refractivity contribution in [2.24, 2.45) is 0 Å². The molecule has 2 nitrogen and oxygen atoms in total. The van der Waals surface area contributed by atoms with Crippen LogP contribution in [0.3, 0.4) is 0 Å². The van der Waals surface area contributed by atoms with E-state index in [0.29, 0.717) is 19.1 Å². The zero-order chi connectivity index (χ0) is 13.4. The second-order valence-electron chi connectivity index (χ2n) is 4.52. The molecule has 0 heterocycles. The van der Waals surface area contributed by atoms with E-state index in [-0.39, 0.29) is 0 Å². The van der Waals surface area contributed by atoms with Gasteiger partial charge in [0.25, 0.3) is 0 Å². The summed E-state index contributed by atoms with van der Waals surface area (Å²) in [7, 11) is 0. The second-order valence-corrected chi connectivity index (χ2v) is 4.52. The summed E-state index contributed by atoms with van der Waals surface area (Å²) in [6, 6.07) is 6.63. The average molecular weight is 245 g/mol. The third-order valence-electron chi connectivity index (χ3n) is 2.84. The van der Waals surface area contributed by atoms with E-state index in [9.17, 15) is 0 Å². The predicted octanol–water partition coefficient (Wildman–Crippen LogP) is 3.46. The SMILES string of the molecule is C#CCCOc1cc(C)ccc1C(C)NCCC. The molecule has 1 N–H and O–H groups in total. The Hall–Kier alpha value is -1.46. The molecule has 0 aliphatic rings. The molecule has 2 heteroatoms. The van der Waals surface area contributed by atoms with Crippen LogP contribution in [0.4, 0.5) is 0 Å². The molecule has 1 aromatic rings. The number of nitrogens with one attached hydrogen (secondary N) is 1. The number of rotatable bonds is 7. The molecule has 1 atom stereocenters. The molecular formula is C16H23NO. The number of terminal acetylenes is 1. The lowest BCUT2D eigenvalue weighted by atomic mass is 10.0. The normalized spacial score (nSPS) is 11.9. The Morgan fingerprint density at radius 2 is 2.22 bits per heavy atom. The zero-order valence-electron chi connectivity index (χ0n) is 11.6. The molecule has 1 rings (SSSR count). The lowest BCUT2D eigenvalue weighted by Crippen LogP contribution is -2.20. The van der Waals surface area contributed by atoms with Gasteiger partial charge < -0.3 is 10.1 Å². The van der Waals surface area contributed by atoms with Crippen molar-refractivity contribution in [1.29, 1.82) is 0 Å². The van der Waals surface area contributed by atoms with Crippen molar-refractivity contribution in [1.82, 2.24) is 5.32 Å². The quantitative estimate of drug-likeness (QED) is 0.587. The van der Waals surface area contributed by atoms with Gasteiger partial charge in [-0.25, -0.2) is 0 Å². The monoisotopic (exact) mass is 245 g/mol. The first-order valence-corrected chi connectivity index (χ1v) is 6.59. The molecule has 0 aliphatic heterocycles. The highest BCUT2D eigenvalue weighted by molar-refractivity contribution is 5.39. The van der Waals surface area contributed by atoms with Crippen LogP contribution in [0.1, 0.15) is 43.9 Å². The number of hydrogen-bond acceptors (Lipinski definition) is 2. The summed E-state index contributed by atoms with van der Waals surface area (Å²) in [6.07, 6.45) is 7.02. The minimum atomic E-state index is 0.298. The molecule has 0 aliphatic carbocycles. The lowest BCUT2D eigenvalue weighted by molar-refractivity contribution is 0.320. The minimum Gasteiger partial charge on any atom is -0.492 e. The second kappa shape index (κ2) is 7.79. The molecule has 18 heavy (non-hydrogen) atoms. The molecule has 0 bridgehead atoms. The van der Waals surface area contributed by atoms with Crippen LogP contribution in [0.2, 0.25) is 0 Å². The molecule has 0 aromatic heterocycles. The third kappa shape index (κ3) is 4.43. The van der Waals surface area contributed by atoms with Crippen molar-refractivity contribution in [3.63, 3.8) is 0 Å². The molecule has 0 amide bonds. The Labute approximate surface area is 111 Å². The molecule has 0 fully saturated rings. The van der Waals surface area contributed by atoms with Gasteiger partial charge in [0.1, 0.15) is 5.75 Å². The van der Waals surface area contributed by atoms with E-state index in [1.54, 1.807) is 0 Å². The lowest BCUT2D eigenvalue weighted by Gasteiger charge is -2.18. The molecular weight excluding hydrogens is 222 g/mol. The summed E-state index contributed by atoms with van der Waals surface area (Å²) in [4.78, 5) is 0. The van der Waals surface area contributed by atoms with Crippen molar-refractivity contribution in [3.8, 4) is 18.1 Å². The average Bonchev–Trinajstić information content (AvgIpc) is 2.36. The number of ether oxygens (including phenoxy) is 1. The van der Waals surface area contributed by atoms with Crippen LogP contribution in [-0.2, 0) is 0 Å². The van der Waals surface area contributed by atoms with Crippen molar-refractivity contribution in [3.05, 3.63) is 29.3 Å². The summed E-state index contributed by atoms with van der Waals surface area (Å²) >= 11 is 0. The standard InChI is InChI=1S/C16H23NO/c1-5-7-11-18-16-12-13(3)8-9-15(16)14(4)17-10-6-2/h1,8-9,12,14,17H,6-7,10-11H2,2-4H3. The maximum atomic E-state index is 5.78. The Kier molecular flexibility index (Phi) is 6.32. The van der Waals surface area contributed by atoms with Crippen LogP contribution < -0.4 is 10.1 Å². The van der Waals surface area contributed by atoms with Gasteiger partial charge in [0.15, 0.2) is 0 Å².